The summed E-state index contributed by atoms with van der Waals surface area (Å²) < 4.78 is 25.5. The summed E-state index contributed by atoms with van der Waals surface area (Å²) in [5.41, 5.74) is 5.86. The zero-order chi connectivity index (χ0) is 12.6. The van der Waals surface area contributed by atoms with Crippen LogP contribution < -0.4 is 11.3 Å². The number of aromatic nitrogens is 1. The van der Waals surface area contributed by atoms with Crippen molar-refractivity contribution in [3.05, 3.63) is 46.4 Å². The molecule has 0 saturated carbocycles. The Labute approximate surface area is 96.5 Å². The zero-order valence-electron chi connectivity index (χ0n) is 9.23. The number of hydrogen-bond acceptors (Lipinski definition) is 2. The lowest BCUT2D eigenvalue weighted by molar-refractivity contribution is 0.0669. The third-order valence-electron chi connectivity index (χ3n) is 2.71. The van der Waals surface area contributed by atoms with E-state index >= 15 is 0 Å². The van der Waals surface area contributed by atoms with Crippen LogP contribution in [-0.4, -0.2) is 4.57 Å². The predicted octanol–water partition coefficient (Wildman–Crippen LogP) is 2.42. The van der Waals surface area contributed by atoms with E-state index in [1.165, 1.54) is 12.1 Å². The zero-order valence-corrected chi connectivity index (χ0v) is 9.23. The highest BCUT2D eigenvalue weighted by atomic mass is 19.3. The molecule has 0 unspecified atom stereocenters. The highest BCUT2D eigenvalue weighted by Crippen LogP contribution is 2.21. The number of benzene rings is 1. The number of halogens is 2. The predicted molar refractivity (Wildman–Crippen MR) is 62.1 cm³/mol. The third kappa shape index (κ3) is 1.93. The summed E-state index contributed by atoms with van der Waals surface area (Å²) in [7, 11) is 0. The van der Waals surface area contributed by atoms with E-state index in [1.54, 1.807) is 19.1 Å². The number of nitrogens with two attached hydrogens (primary N) is 1. The van der Waals surface area contributed by atoms with Gasteiger partial charge in [-0.2, -0.15) is 8.78 Å². The van der Waals surface area contributed by atoms with E-state index < -0.39 is 12.1 Å². The number of fused-ring (bicyclic) bond motifs is 1. The van der Waals surface area contributed by atoms with Gasteiger partial charge in [-0.05, 0) is 30.0 Å². The normalized spacial score (nSPS) is 13.2. The van der Waals surface area contributed by atoms with Crippen molar-refractivity contribution in [1.82, 2.24) is 4.57 Å². The van der Waals surface area contributed by atoms with Crippen molar-refractivity contribution in [2.24, 2.45) is 5.73 Å². The molecule has 2 N–H and O–H groups in total. The van der Waals surface area contributed by atoms with Gasteiger partial charge in [0.25, 0.3) is 5.56 Å². The molecular weight excluding hydrogens is 226 g/mol. The van der Waals surface area contributed by atoms with Crippen LogP contribution in [0.5, 0.6) is 0 Å². The highest BCUT2D eigenvalue weighted by molar-refractivity contribution is 5.85. The molecule has 1 aromatic carbocycles. The topological polar surface area (TPSA) is 48.0 Å². The van der Waals surface area contributed by atoms with Crippen LogP contribution in [-0.2, 0) is 0 Å². The fraction of sp³-hybridized carbons (Fsp3) is 0.250. The van der Waals surface area contributed by atoms with E-state index in [2.05, 4.69) is 0 Å². The number of rotatable bonds is 2. The minimum atomic E-state index is -2.83. The average molecular weight is 238 g/mol. The van der Waals surface area contributed by atoms with Gasteiger partial charge < -0.3 is 5.73 Å². The maximum atomic E-state index is 12.6. The van der Waals surface area contributed by atoms with Crippen LogP contribution in [0.2, 0.25) is 0 Å². The molecule has 0 spiro atoms. The van der Waals surface area contributed by atoms with E-state index in [0.29, 0.717) is 9.95 Å². The third-order valence-corrected chi connectivity index (χ3v) is 2.71. The average Bonchev–Trinajstić information content (AvgIpc) is 2.28. The molecule has 0 aliphatic carbocycles. The molecule has 0 radical (unpaired) electrons. The number of alkyl halides is 2. The van der Waals surface area contributed by atoms with Gasteiger partial charge in [-0.1, -0.05) is 12.1 Å². The summed E-state index contributed by atoms with van der Waals surface area (Å²) in [4.78, 5) is 11.8. The second-order valence-corrected chi connectivity index (χ2v) is 3.90. The second kappa shape index (κ2) is 4.25. The van der Waals surface area contributed by atoms with E-state index in [9.17, 15) is 13.6 Å². The van der Waals surface area contributed by atoms with E-state index in [1.807, 2.05) is 0 Å². The molecule has 0 fully saturated rings. The Hall–Kier alpha value is -1.75. The van der Waals surface area contributed by atoms with E-state index in [4.69, 9.17) is 5.73 Å². The smallest absolute Gasteiger partial charge is 0.321 e. The van der Waals surface area contributed by atoms with Gasteiger partial charge in [0.05, 0.1) is 0 Å². The largest absolute Gasteiger partial charge is 0.324 e. The Bertz CT molecular complexity index is 605. The Morgan fingerprint density at radius 1 is 1.24 bits per heavy atom. The summed E-state index contributed by atoms with van der Waals surface area (Å²) in [6.07, 6.45) is 1.10. The molecule has 0 saturated heterocycles. The van der Waals surface area contributed by atoms with Crippen LogP contribution in [0.4, 0.5) is 8.78 Å². The summed E-state index contributed by atoms with van der Waals surface area (Å²) in [6, 6.07) is 6.22. The molecule has 1 heterocycles. The molecule has 2 rings (SSSR count). The van der Waals surface area contributed by atoms with Gasteiger partial charge >= 0.3 is 6.55 Å². The first-order valence-electron chi connectivity index (χ1n) is 5.20. The van der Waals surface area contributed by atoms with Gasteiger partial charge in [0.15, 0.2) is 0 Å². The van der Waals surface area contributed by atoms with E-state index in [-0.39, 0.29) is 11.4 Å². The van der Waals surface area contributed by atoms with Crippen LogP contribution in [0.15, 0.2) is 35.3 Å². The van der Waals surface area contributed by atoms with Crippen molar-refractivity contribution >= 4 is 10.8 Å². The van der Waals surface area contributed by atoms with E-state index in [0.717, 1.165) is 11.8 Å². The lowest BCUT2D eigenvalue weighted by Crippen LogP contribution is -2.20. The SMILES string of the molecule is C[C@@H](N)c1cccc2c(=O)n(C(F)F)ccc12. The van der Waals surface area contributed by atoms with Crippen molar-refractivity contribution in [3.63, 3.8) is 0 Å². The van der Waals surface area contributed by atoms with Crippen LogP contribution in [0.25, 0.3) is 10.8 Å². The lowest BCUT2D eigenvalue weighted by atomic mass is 10.0. The first kappa shape index (κ1) is 11.7. The minimum Gasteiger partial charge on any atom is -0.324 e. The first-order chi connectivity index (χ1) is 8.02. The molecule has 0 bridgehead atoms. The molecule has 1 atom stereocenters. The van der Waals surface area contributed by atoms with Crippen molar-refractivity contribution in [1.29, 1.82) is 0 Å². The van der Waals surface area contributed by atoms with Crippen molar-refractivity contribution in [2.45, 2.75) is 19.5 Å². The molecule has 0 aliphatic heterocycles. The van der Waals surface area contributed by atoms with Gasteiger partial charge in [0.2, 0.25) is 0 Å². The Kier molecular flexibility index (Phi) is 2.93. The molecule has 17 heavy (non-hydrogen) atoms. The summed E-state index contributed by atoms with van der Waals surface area (Å²) in [6.45, 7) is -1.04. The molecule has 1 aromatic heterocycles. The summed E-state index contributed by atoms with van der Waals surface area (Å²) in [5, 5.41) is 0.895. The van der Waals surface area contributed by atoms with Gasteiger partial charge in [0.1, 0.15) is 0 Å². The van der Waals surface area contributed by atoms with Crippen molar-refractivity contribution in [3.8, 4) is 0 Å². The fourth-order valence-electron chi connectivity index (χ4n) is 1.87. The quantitative estimate of drug-likeness (QED) is 0.873. The molecule has 2 aromatic rings. The molecule has 90 valence electrons. The van der Waals surface area contributed by atoms with Crippen LogP contribution in [0.1, 0.15) is 25.1 Å². The standard InChI is InChI=1S/C12H12F2N2O/c1-7(15)8-3-2-4-10-9(8)5-6-16(11(10)17)12(13)14/h2-7,12H,15H2,1H3/t7-/m1/s1. The lowest BCUT2D eigenvalue weighted by Gasteiger charge is -2.11. The second-order valence-electron chi connectivity index (χ2n) is 3.90. The number of hydrogen-bond donors (Lipinski definition) is 1. The fourth-order valence-corrected chi connectivity index (χ4v) is 1.87. The molecule has 0 aliphatic rings. The monoisotopic (exact) mass is 238 g/mol. The summed E-state index contributed by atoms with van der Waals surface area (Å²) in [5.74, 6) is 0. The molecular formula is C12H12F2N2O. The van der Waals surface area contributed by atoms with Gasteiger partial charge in [0, 0.05) is 17.6 Å². The molecule has 3 nitrogen and oxygen atoms in total. The van der Waals surface area contributed by atoms with Crippen molar-refractivity contribution < 1.29 is 8.78 Å². The Morgan fingerprint density at radius 3 is 2.53 bits per heavy atom. The van der Waals surface area contributed by atoms with Crippen molar-refractivity contribution in [2.75, 3.05) is 0 Å². The first-order valence-corrected chi connectivity index (χ1v) is 5.20. The van der Waals surface area contributed by atoms with Crippen LogP contribution in [0.3, 0.4) is 0 Å². The maximum Gasteiger partial charge on any atom is 0.321 e. The molecule has 5 heteroatoms. The Morgan fingerprint density at radius 2 is 1.94 bits per heavy atom. The minimum absolute atomic E-state index is 0.250. The summed E-state index contributed by atoms with van der Waals surface area (Å²) >= 11 is 0. The maximum absolute atomic E-state index is 12.6. The van der Waals surface area contributed by atoms with Gasteiger partial charge in [-0.25, -0.2) is 0 Å². The van der Waals surface area contributed by atoms with Gasteiger partial charge in [-0.3, -0.25) is 9.36 Å². The van der Waals surface area contributed by atoms with Crippen LogP contribution in [0, 0.1) is 0 Å². The molecule has 0 amide bonds. The number of pyridine rings is 1. The Balaban J connectivity index is 2.81. The highest BCUT2D eigenvalue weighted by Gasteiger charge is 2.12. The van der Waals surface area contributed by atoms with Gasteiger partial charge in [-0.15, -0.1) is 0 Å². The number of nitrogens with zero attached hydrogens (tertiary/aromatic N) is 1. The van der Waals surface area contributed by atoms with Crippen LogP contribution >= 0.6 is 0 Å².